The van der Waals surface area contributed by atoms with Crippen molar-refractivity contribution in [3.05, 3.63) is 36.5 Å². The van der Waals surface area contributed by atoms with Crippen LogP contribution < -0.4 is 0 Å². The molecule has 0 saturated heterocycles. The summed E-state index contributed by atoms with van der Waals surface area (Å²) in [7, 11) is 0. The van der Waals surface area contributed by atoms with Gasteiger partial charge in [0.15, 0.2) is 0 Å². The zero-order valence-electron chi connectivity index (χ0n) is 31.3. The average Bonchev–Trinajstić information content (AvgIpc) is 3.03. The van der Waals surface area contributed by atoms with Crippen LogP contribution in [0.5, 0.6) is 0 Å². The minimum atomic E-state index is -0.655. The van der Waals surface area contributed by atoms with Crippen LogP contribution in [0.2, 0.25) is 16.6 Å². The topological polar surface area (TPSA) is 46.5 Å². The molecule has 0 aromatic heterocycles. The molecule has 4 heteroatoms. The monoisotopic (exact) mass is 707 g/mol. The molecule has 0 aliphatic rings. The van der Waals surface area contributed by atoms with E-state index in [0.29, 0.717) is 6.42 Å². The van der Waals surface area contributed by atoms with Crippen molar-refractivity contribution >= 4 is 20.6 Å². The fraction of sp³-hybridized carbons (Fsp3) is 0.833. The van der Waals surface area contributed by atoms with Gasteiger partial charge in [-0.2, -0.15) is 0 Å². The molecule has 0 radical (unpaired) electrons. The maximum absolute atomic E-state index is 12.6. The van der Waals surface area contributed by atoms with Crippen LogP contribution in [-0.2, 0) is 9.53 Å². The van der Waals surface area contributed by atoms with Gasteiger partial charge in [-0.15, -0.1) is 0 Å². The molecule has 0 saturated carbocycles. The third-order valence-corrected chi connectivity index (χ3v) is 11.4. The summed E-state index contributed by atoms with van der Waals surface area (Å²) in [6.45, 7) is 4.47. The van der Waals surface area contributed by atoms with Gasteiger partial charge in [0.1, 0.15) is 0 Å². The number of aliphatic hydroxyl groups excluding tert-OH is 1. The van der Waals surface area contributed by atoms with E-state index in [2.05, 4.69) is 61.7 Å². The van der Waals surface area contributed by atoms with Gasteiger partial charge in [-0.05, 0) is 57.8 Å². The van der Waals surface area contributed by atoms with Crippen molar-refractivity contribution in [3.63, 3.8) is 0 Å². The van der Waals surface area contributed by atoms with E-state index in [1.807, 2.05) is 0 Å². The van der Waals surface area contributed by atoms with Gasteiger partial charge in [-0.25, -0.2) is 0 Å². The molecule has 0 aromatic rings. The average molecular weight is 707 g/mol. The number of carbonyl (C=O) groups is 1. The Hall–Kier alpha value is -0.792. The standard InChI is InChI=1S/C42H79AsO3/c1-5-7-9-10-11-12-13-14-15-16-17-18-21-24-27-31-36-41(46-42(45)38-33-39-43(3)4)37-32-28-25-22-19-20-23-26-30-35-40(44)34-29-8-6-2/h11-12,14-15,26,30,40-41,44H,5-10,13,16-25,27-29,31-39H2,1-4H3/b12-11-,15-14-,30-26?. The summed E-state index contributed by atoms with van der Waals surface area (Å²) in [4.78, 5) is 12.6. The van der Waals surface area contributed by atoms with Gasteiger partial charge in [0.2, 0.25) is 0 Å². The van der Waals surface area contributed by atoms with Crippen LogP contribution in [0.3, 0.4) is 0 Å². The number of carbonyl (C=O) groups excluding carboxylic acids is 1. The second-order valence-electron chi connectivity index (χ2n) is 13.9. The van der Waals surface area contributed by atoms with Crippen molar-refractivity contribution in [2.24, 2.45) is 0 Å². The summed E-state index contributed by atoms with van der Waals surface area (Å²) in [5, 5.41) is 11.3. The van der Waals surface area contributed by atoms with Crippen LogP contribution in [0.4, 0.5) is 0 Å². The second kappa shape index (κ2) is 37.0. The molecule has 0 amide bonds. The Balaban J connectivity index is 4.04. The van der Waals surface area contributed by atoms with E-state index < -0.39 is 14.7 Å². The fourth-order valence-corrected chi connectivity index (χ4v) is 7.53. The predicted molar refractivity (Wildman–Crippen MR) is 206 cm³/mol. The molecule has 2 unspecified atom stereocenters. The molecule has 0 fully saturated rings. The zero-order chi connectivity index (χ0) is 33.8. The van der Waals surface area contributed by atoms with Crippen molar-refractivity contribution in [2.45, 2.75) is 222 Å². The molecule has 1 N–H and O–H groups in total. The molecular formula is C42H79AsO3. The molecule has 0 heterocycles. The minimum absolute atomic E-state index is 0.0439. The summed E-state index contributed by atoms with van der Waals surface area (Å²) in [6.07, 6.45) is 46.7. The van der Waals surface area contributed by atoms with E-state index in [-0.39, 0.29) is 18.2 Å². The van der Waals surface area contributed by atoms with Gasteiger partial charge in [-0.3, -0.25) is 0 Å². The van der Waals surface area contributed by atoms with E-state index in [4.69, 9.17) is 4.74 Å². The van der Waals surface area contributed by atoms with E-state index >= 15 is 0 Å². The SMILES string of the molecule is CCCCC/C=C\C/C=C\CCCCCCCCC(CCCCCCCCC=CCC(O)CCCCC)OC(=O)CCC[As](C)C. The van der Waals surface area contributed by atoms with Gasteiger partial charge >= 0.3 is 143 Å². The first-order valence-electron chi connectivity index (χ1n) is 20.0. The Labute approximate surface area is 293 Å². The number of ether oxygens (including phenoxy) is 1. The van der Waals surface area contributed by atoms with Crippen LogP contribution >= 0.6 is 0 Å². The normalized spacial score (nSPS) is 13.5. The molecule has 0 rings (SSSR count). The van der Waals surface area contributed by atoms with Crippen molar-refractivity contribution < 1.29 is 14.6 Å². The first kappa shape index (κ1) is 45.2. The Kier molecular flexibility index (Phi) is 36.4. The number of unbranched alkanes of at least 4 members (excludes halogenated alkanes) is 17. The number of esters is 1. The maximum atomic E-state index is 12.6. The van der Waals surface area contributed by atoms with Crippen molar-refractivity contribution in [2.75, 3.05) is 0 Å². The summed E-state index contributed by atoms with van der Waals surface area (Å²) >= 11 is -0.655. The van der Waals surface area contributed by atoms with E-state index in [1.165, 1.54) is 127 Å². The van der Waals surface area contributed by atoms with Crippen LogP contribution in [-0.4, -0.2) is 37.9 Å². The summed E-state index contributed by atoms with van der Waals surface area (Å²) in [5.41, 5.74) is 4.73. The third kappa shape index (κ3) is 36.1. The Morgan fingerprint density at radius 1 is 0.587 bits per heavy atom. The molecule has 46 heavy (non-hydrogen) atoms. The van der Waals surface area contributed by atoms with Crippen LogP contribution in [0, 0.1) is 0 Å². The van der Waals surface area contributed by atoms with E-state index in [0.717, 1.165) is 51.4 Å². The molecule has 0 aliphatic carbocycles. The van der Waals surface area contributed by atoms with Crippen LogP contribution in [0.1, 0.15) is 194 Å². The summed E-state index contributed by atoms with van der Waals surface area (Å²) in [6, 6.07) is 0. The fourth-order valence-electron chi connectivity index (χ4n) is 5.87. The van der Waals surface area contributed by atoms with Crippen molar-refractivity contribution in [3.8, 4) is 0 Å². The quantitative estimate of drug-likeness (QED) is 0.0309. The Morgan fingerprint density at radius 2 is 1.04 bits per heavy atom. The number of hydrogen-bond donors (Lipinski definition) is 1. The second-order valence-corrected chi connectivity index (χ2v) is 19.4. The molecule has 0 spiro atoms. The first-order valence-corrected chi connectivity index (χ1v) is 25.0. The molecule has 270 valence electrons. The van der Waals surface area contributed by atoms with E-state index in [1.54, 1.807) is 0 Å². The number of hydrogen-bond acceptors (Lipinski definition) is 3. The predicted octanol–water partition coefficient (Wildman–Crippen LogP) is 13.6. The van der Waals surface area contributed by atoms with E-state index in [9.17, 15) is 9.90 Å². The number of allylic oxidation sites excluding steroid dienone is 5. The summed E-state index contributed by atoms with van der Waals surface area (Å²) in [5.74, 6) is 0.0439. The number of rotatable bonds is 35. The Morgan fingerprint density at radius 3 is 1.59 bits per heavy atom. The van der Waals surface area contributed by atoms with Gasteiger partial charge in [0.05, 0.1) is 6.10 Å². The molecule has 0 aliphatic heterocycles. The number of aliphatic hydroxyl groups is 1. The summed E-state index contributed by atoms with van der Waals surface area (Å²) < 4.78 is 6.02. The zero-order valence-corrected chi connectivity index (χ0v) is 33.2. The van der Waals surface area contributed by atoms with Gasteiger partial charge in [0, 0.05) is 0 Å². The molecule has 0 aromatic carbocycles. The Bertz CT molecular complexity index is 714. The van der Waals surface area contributed by atoms with Crippen molar-refractivity contribution in [1.82, 2.24) is 0 Å². The van der Waals surface area contributed by atoms with Crippen LogP contribution in [0.25, 0.3) is 0 Å². The molecule has 0 bridgehead atoms. The molecule has 3 nitrogen and oxygen atoms in total. The van der Waals surface area contributed by atoms with Gasteiger partial charge in [0.25, 0.3) is 0 Å². The molecule has 2 atom stereocenters. The van der Waals surface area contributed by atoms with Crippen molar-refractivity contribution in [1.29, 1.82) is 0 Å². The van der Waals surface area contributed by atoms with Gasteiger partial charge in [-0.1, -0.05) is 82.4 Å². The van der Waals surface area contributed by atoms with Crippen LogP contribution in [0.15, 0.2) is 36.5 Å². The third-order valence-electron chi connectivity index (χ3n) is 8.87. The van der Waals surface area contributed by atoms with Gasteiger partial charge < -0.3 is 5.11 Å². The first-order chi connectivity index (χ1) is 22.5. The molecular weight excluding hydrogens is 627 g/mol.